The number of hydrogen-bond acceptors (Lipinski definition) is 8. The Morgan fingerprint density at radius 2 is 1.89 bits per heavy atom. The van der Waals surface area contributed by atoms with E-state index in [1.165, 1.54) is 4.90 Å². The Bertz CT molecular complexity index is 1230. The first-order valence-corrected chi connectivity index (χ1v) is 13.5. The van der Waals surface area contributed by atoms with Crippen LogP contribution in [0.4, 0.5) is 0 Å². The number of rotatable bonds is 2. The smallest absolute Gasteiger partial charge is 0.326 e. The van der Waals surface area contributed by atoms with Crippen molar-refractivity contribution in [1.82, 2.24) is 14.9 Å². The van der Waals surface area contributed by atoms with Crippen molar-refractivity contribution in [3.8, 4) is 11.6 Å². The van der Waals surface area contributed by atoms with E-state index in [1.54, 1.807) is 27.0 Å². The summed E-state index contributed by atoms with van der Waals surface area (Å²) in [7, 11) is 1.59. The predicted molar refractivity (Wildman–Crippen MR) is 137 cm³/mol. The number of benzene rings is 1. The molecule has 5 rings (SSSR count). The molecule has 0 spiro atoms. The Morgan fingerprint density at radius 3 is 2.66 bits per heavy atom. The third-order valence-corrected chi connectivity index (χ3v) is 8.03. The molecule has 10 heteroatoms. The highest BCUT2D eigenvalue weighted by atomic mass is 16.5. The summed E-state index contributed by atoms with van der Waals surface area (Å²) in [5, 5.41) is 10.0. The highest BCUT2D eigenvalue weighted by Crippen LogP contribution is 2.39. The molecule has 1 N–H and O–H groups in total. The largest absolute Gasteiger partial charge is 0.497 e. The zero-order valence-corrected chi connectivity index (χ0v) is 22.1. The van der Waals surface area contributed by atoms with Crippen LogP contribution < -0.4 is 9.47 Å². The highest BCUT2D eigenvalue weighted by molar-refractivity contribution is 5.88. The lowest BCUT2D eigenvalue weighted by molar-refractivity contribution is -0.153. The fraction of sp³-hybridized carbons (Fsp3) is 0.607. The van der Waals surface area contributed by atoms with Gasteiger partial charge in [0.15, 0.2) is 0 Å². The summed E-state index contributed by atoms with van der Waals surface area (Å²) in [4.78, 5) is 49.0. The minimum Gasteiger partial charge on any atom is -0.497 e. The molecule has 0 radical (unpaired) electrons. The van der Waals surface area contributed by atoms with E-state index in [1.807, 2.05) is 12.1 Å². The van der Waals surface area contributed by atoms with Crippen molar-refractivity contribution in [2.45, 2.75) is 77.0 Å². The Labute approximate surface area is 221 Å². The fourth-order valence-electron chi connectivity index (χ4n) is 5.65. The number of esters is 1. The second-order valence-corrected chi connectivity index (χ2v) is 10.8. The van der Waals surface area contributed by atoms with Crippen LogP contribution in [0, 0.1) is 17.8 Å². The Morgan fingerprint density at radius 1 is 1.08 bits per heavy atom. The van der Waals surface area contributed by atoms with Crippen LogP contribution in [0.2, 0.25) is 0 Å². The molecule has 1 saturated carbocycles. The van der Waals surface area contributed by atoms with Crippen LogP contribution in [0.25, 0.3) is 11.0 Å². The molecular formula is C28H35N3O7. The molecule has 2 aliphatic heterocycles. The SMILES string of the molecule is COc1ccc2nc3c(nc2c1)O[C@H]1CN(C(=O)[C@H](C)CC(=O)O[C@@H]2C[C@H]2CCCCC3)[C@H](C(=O)O)[C@@H]1C. The van der Waals surface area contributed by atoms with E-state index >= 15 is 0 Å². The first-order valence-electron chi connectivity index (χ1n) is 13.5. The number of aryl methyl sites for hydroxylation is 1. The fourth-order valence-corrected chi connectivity index (χ4v) is 5.65. The quantitative estimate of drug-likeness (QED) is 0.587. The van der Waals surface area contributed by atoms with E-state index in [-0.39, 0.29) is 19.1 Å². The Kier molecular flexibility index (Phi) is 7.40. The summed E-state index contributed by atoms with van der Waals surface area (Å²) >= 11 is 0. The van der Waals surface area contributed by atoms with Crippen molar-refractivity contribution in [1.29, 1.82) is 0 Å². The number of methoxy groups -OCH3 is 1. The molecule has 3 aliphatic rings. The Balaban J connectivity index is 1.47. The van der Waals surface area contributed by atoms with Gasteiger partial charge in [-0.1, -0.05) is 26.7 Å². The van der Waals surface area contributed by atoms with Crippen molar-refractivity contribution in [2.75, 3.05) is 13.7 Å². The van der Waals surface area contributed by atoms with Crippen LogP contribution in [0.5, 0.6) is 11.6 Å². The predicted octanol–water partition coefficient (Wildman–Crippen LogP) is 3.39. The van der Waals surface area contributed by atoms with Gasteiger partial charge in [-0.3, -0.25) is 9.59 Å². The van der Waals surface area contributed by atoms with Crippen LogP contribution in [-0.2, 0) is 25.5 Å². The van der Waals surface area contributed by atoms with Crippen LogP contribution in [0.3, 0.4) is 0 Å². The molecular weight excluding hydrogens is 490 g/mol. The molecule has 204 valence electrons. The van der Waals surface area contributed by atoms with E-state index in [4.69, 9.17) is 24.2 Å². The topological polar surface area (TPSA) is 128 Å². The van der Waals surface area contributed by atoms with Crippen molar-refractivity contribution >= 4 is 28.9 Å². The minimum atomic E-state index is -1.10. The maximum atomic E-state index is 13.3. The molecule has 2 fully saturated rings. The normalized spacial score (nSPS) is 30.3. The van der Waals surface area contributed by atoms with Crippen LogP contribution in [0.15, 0.2) is 18.2 Å². The van der Waals surface area contributed by atoms with Gasteiger partial charge in [-0.05, 0) is 43.7 Å². The van der Waals surface area contributed by atoms with Gasteiger partial charge in [-0.2, -0.15) is 0 Å². The van der Waals surface area contributed by atoms with Crippen molar-refractivity contribution in [2.24, 2.45) is 17.8 Å². The van der Waals surface area contributed by atoms with E-state index in [9.17, 15) is 19.5 Å². The average Bonchev–Trinajstić information content (AvgIpc) is 3.53. The lowest BCUT2D eigenvalue weighted by Gasteiger charge is -2.25. The van der Waals surface area contributed by atoms with Crippen molar-refractivity contribution in [3.63, 3.8) is 0 Å². The number of carbonyl (C=O) groups excluding carboxylic acids is 2. The summed E-state index contributed by atoms with van der Waals surface area (Å²) in [6, 6.07) is 4.42. The lowest BCUT2D eigenvalue weighted by atomic mass is 10.00. The molecule has 1 aliphatic carbocycles. The monoisotopic (exact) mass is 525 g/mol. The van der Waals surface area contributed by atoms with E-state index in [0.29, 0.717) is 29.5 Å². The second-order valence-electron chi connectivity index (χ2n) is 10.8. The second kappa shape index (κ2) is 10.7. The number of carboxylic acid groups (broad SMARTS) is 1. The number of carbonyl (C=O) groups is 3. The third-order valence-electron chi connectivity index (χ3n) is 8.03. The van der Waals surface area contributed by atoms with Crippen molar-refractivity contribution in [3.05, 3.63) is 23.9 Å². The van der Waals surface area contributed by atoms with E-state index in [2.05, 4.69) is 0 Å². The molecule has 1 aromatic heterocycles. The first-order chi connectivity index (χ1) is 18.2. The van der Waals surface area contributed by atoms with Gasteiger partial charge in [0.25, 0.3) is 0 Å². The summed E-state index contributed by atoms with van der Waals surface area (Å²) in [5.41, 5.74) is 2.07. The molecule has 2 aromatic rings. The molecule has 10 nitrogen and oxygen atoms in total. The van der Waals surface area contributed by atoms with E-state index in [0.717, 1.165) is 43.3 Å². The van der Waals surface area contributed by atoms with Crippen LogP contribution in [0.1, 0.15) is 58.1 Å². The number of aromatic nitrogens is 2. The number of nitrogens with zero attached hydrogens (tertiary/aromatic N) is 3. The number of aliphatic carboxylic acids is 1. The average molecular weight is 526 g/mol. The molecule has 2 bridgehead atoms. The summed E-state index contributed by atoms with van der Waals surface area (Å²) in [5.74, 6) is -1.72. The molecule has 6 atom stereocenters. The molecule has 0 unspecified atom stereocenters. The van der Waals surface area contributed by atoms with Crippen LogP contribution >= 0.6 is 0 Å². The van der Waals surface area contributed by atoms with Crippen LogP contribution in [-0.4, -0.2) is 69.7 Å². The number of ether oxygens (including phenoxy) is 3. The minimum absolute atomic E-state index is 0.0741. The van der Waals surface area contributed by atoms with Gasteiger partial charge >= 0.3 is 11.9 Å². The first kappa shape index (κ1) is 26.2. The van der Waals surface area contributed by atoms with Gasteiger partial charge in [0.2, 0.25) is 11.8 Å². The number of carboxylic acids is 1. The number of fused-ring (bicyclic) bond motifs is 5. The maximum Gasteiger partial charge on any atom is 0.326 e. The summed E-state index contributed by atoms with van der Waals surface area (Å²) in [6.07, 6.45) is 4.69. The lowest BCUT2D eigenvalue weighted by Crippen LogP contribution is -2.45. The zero-order chi connectivity index (χ0) is 27.0. The van der Waals surface area contributed by atoms with Gasteiger partial charge in [0.05, 0.1) is 31.1 Å². The molecule has 1 aromatic carbocycles. The molecule has 38 heavy (non-hydrogen) atoms. The van der Waals surface area contributed by atoms with Crippen molar-refractivity contribution < 1.29 is 33.7 Å². The van der Waals surface area contributed by atoms with Gasteiger partial charge in [-0.15, -0.1) is 0 Å². The highest BCUT2D eigenvalue weighted by Gasteiger charge is 2.48. The van der Waals surface area contributed by atoms with Gasteiger partial charge in [-0.25, -0.2) is 14.8 Å². The van der Waals surface area contributed by atoms with E-state index < -0.39 is 41.8 Å². The Hall–Kier alpha value is -3.43. The number of amides is 1. The standard InChI is InChI=1S/C28H35N3O7/c1-15-11-24(32)37-22-12-17(22)7-5-4-6-8-20-26(30-21-13-18(36-3)9-10-19(21)29-20)38-23-14-31(27(15)33)25(16(23)2)28(34)35/h9-10,13,15-17,22-23,25H,4-8,11-12,14H2,1-3H3,(H,34,35)/t15-,16-,17-,22-,23+,25+/m1/s1. The van der Waals surface area contributed by atoms with Gasteiger partial charge < -0.3 is 24.2 Å². The number of hydrogen-bond donors (Lipinski definition) is 1. The third kappa shape index (κ3) is 5.39. The van der Waals surface area contributed by atoms with Gasteiger partial charge in [0.1, 0.15) is 29.7 Å². The summed E-state index contributed by atoms with van der Waals surface area (Å²) in [6.45, 7) is 3.49. The maximum absolute atomic E-state index is 13.3. The molecule has 1 saturated heterocycles. The zero-order valence-electron chi connectivity index (χ0n) is 22.1. The molecule has 3 heterocycles. The van der Waals surface area contributed by atoms with Gasteiger partial charge in [0, 0.05) is 17.9 Å². The molecule has 1 amide bonds. The summed E-state index contributed by atoms with van der Waals surface area (Å²) < 4.78 is 17.3.